The number of H-pyrrole nitrogens is 2. The summed E-state index contributed by atoms with van der Waals surface area (Å²) in [6.45, 7) is 0. The lowest BCUT2D eigenvalue weighted by molar-refractivity contribution is 0.411. The number of para-hydroxylation sites is 1. The standard InChI is InChI=1S/C13H12N4O2S/c1-19-9-5-3-2-4-8(9)6-20-12-10-11(15-7-14-10)16-13(18)17-12/h2-5,7H,6H2,1H3,(H2,14,15,16,17,18). The van der Waals surface area contributed by atoms with Gasteiger partial charge in [0.05, 0.1) is 13.4 Å². The largest absolute Gasteiger partial charge is 0.496 e. The highest BCUT2D eigenvalue weighted by Gasteiger charge is 2.09. The van der Waals surface area contributed by atoms with Gasteiger partial charge in [-0.15, -0.1) is 0 Å². The number of benzene rings is 1. The Morgan fingerprint density at radius 2 is 2.20 bits per heavy atom. The fraction of sp³-hybridized carbons (Fsp3) is 0.154. The SMILES string of the molecule is COc1ccccc1CSc1nc(=O)[nH]c2nc[nH]c12. The van der Waals surface area contributed by atoms with Crippen molar-refractivity contribution < 1.29 is 4.74 Å². The number of methoxy groups -OCH3 is 1. The average Bonchev–Trinajstić information content (AvgIpc) is 2.93. The molecule has 0 spiro atoms. The second-order valence-corrected chi connectivity index (χ2v) is 5.04. The predicted molar refractivity (Wildman–Crippen MR) is 77.1 cm³/mol. The monoisotopic (exact) mass is 288 g/mol. The number of aromatic nitrogens is 4. The average molecular weight is 288 g/mol. The molecule has 2 aromatic heterocycles. The molecule has 0 aliphatic rings. The van der Waals surface area contributed by atoms with E-state index in [2.05, 4.69) is 19.9 Å². The summed E-state index contributed by atoms with van der Waals surface area (Å²) in [7, 11) is 1.64. The van der Waals surface area contributed by atoms with Crippen LogP contribution in [0.15, 0.2) is 40.4 Å². The molecule has 0 amide bonds. The van der Waals surface area contributed by atoms with E-state index < -0.39 is 5.69 Å². The number of fused-ring (bicyclic) bond motifs is 1. The Balaban J connectivity index is 1.90. The molecule has 7 heteroatoms. The van der Waals surface area contributed by atoms with Crippen molar-refractivity contribution in [2.75, 3.05) is 7.11 Å². The van der Waals surface area contributed by atoms with E-state index in [1.165, 1.54) is 18.1 Å². The molecule has 0 saturated carbocycles. The number of hydrogen-bond donors (Lipinski definition) is 2. The maximum absolute atomic E-state index is 11.5. The van der Waals surface area contributed by atoms with Gasteiger partial charge in [0.25, 0.3) is 0 Å². The number of thioether (sulfide) groups is 1. The molecule has 2 N–H and O–H groups in total. The third-order valence-electron chi connectivity index (χ3n) is 2.84. The molecule has 0 atom stereocenters. The van der Waals surface area contributed by atoms with E-state index in [1.54, 1.807) is 7.11 Å². The summed E-state index contributed by atoms with van der Waals surface area (Å²) in [4.78, 5) is 25.1. The Hall–Kier alpha value is -2.28. The molecular formula is C13H12N4O2S. The minimum Gasteiger partial charge on any atom is -0.496 e. The van der Waals surface area contributed by atoms with E-state index in [-0.39, 0.29) is 0 Å². The molecule has 6 nitrogen and oxygen atoms in total. The van der Waals surface area contributed by atoms with Gasteiger partial charge in [0, 0.05) is 11.3 Å². The van der Waals surface area contributed by atoms with Crippen LogP contribution in [0.1, 0.15) is 5.56 Å². The summed E-state index contributed by atoms with van der Waals surface area (Å²) in [5.74, 6) is 1.49. The fourth-order valence-electron chi connectivity index (χ4n) is 1.90. The zero-order valence-corrected chi connectivity index (χ0v) is 11.5. The zero-order chi connectivity index (χ0) is 13.9. The van der Waals surface area contributed by atoms with Crippen molar-refractivity contribution in [2.45, 2.75) is 10.8 Å². The highest BCUT2D eigenvalue weighted by Crippen LogP contribution is 2.28. The second kappa shape index (κ2) is 5.38. The van der Waals surface area contributed by atoms with E-state index in [0.717, 1.165) is 16.8 Å². The molecular weight excluding hydrogens is 276 g/mol. The van der Waals surface area contributed by atoms with Crippen molar-refractivity contribution in [3.05, 3.63) is 46.6 Å². The Morgan fingerprint density at radius 3 is 3.05 bits per heavy atom. The molecule has 102 valence electrons. The first-order valence-electron chi connectivity index (χ1n) is 5.96. The number of nitrogens with one attached hydrogen (secondary N) is 2. The lowest BCUT2D eigenvalue weighted by Crippen LogP contribution is -2.11. The molecule has 0 aliphatic carbocycles. The molecule has 0 unspecified atom stereocenters. The molecule has 0 aliphatic heterocycles. The van der Waals surface area contributed by atoms with Crippen molar-refractivity contribution >= 4 is 22.9 Å². The first-order valence-corrected chi connectivity index (χ1v) is 6.94. The lowest BCUT2D eigenvalue weighted by Gasteiger charge is -2.07. The van der Waals surface area contributed by atoms with Gasteiger partial charge in [-0.1, -0.05) is 30.0 Å². The summed E-state index contributed by atoms with van der Waals surface area (Å²) in [5.41, 5.74) is 1.92. The van der Waals surface area contributed by atoms with E-state index in [4.69, 9.17) is 4.74 Å². The highest BCUT2D eigenvalue weighted by molar-refractivity contribution is 7.98. The Morgan fingerprint density at radius 1 is 1.35 bits per heavy atom. The number of rotatable bonds is 4. The minimum atomic E-state index is -0.396. The van der Waals surface area contributed by atoms with Gasteiger partial charge < -0.3 is 9.72 Å². The molecule has 2 heterocycles. The quantitative estimate of drug-likeness (QED) is 0.566. The van der Waals surface area contributed by atoms with Crippen molar-refractivity contribution in [3.8, 4) is 5.75 Å². The van der Waals surface area contributed by atoms with E-state index in [0.29, 0.717) is 16.4 Å². The Kier molecular flexibility index (Phi) is 3.42. The second-order valence-electron chi connectivity index (χ2n) is 4.07. The van der Waals surface area contributed by atoms with Gasteiger partial charge in [0.15, 0.2) is 5.65 Å². The molecule has 20 heavy (non-hydrogen) atoms. The number of nitrogens with zero attached hydrogens (tertiary/aromatic N) is 2. The minimum absolute atomic E-state index is 0.396. The van der Waals surface area contributed by atoms with Gasteiger partial charge in [0.1, 0.15) is 16.3 Å². The van der Waals surface area contributed by atoms with Gasteiger partial charge in [-0.05, 0) is 6.07 Å². The van der Waals surface area contributed by atoms with Gasteiger partial charge in [0.2, 0.25) is 0 Å². The van der Waals surface area contributed by atoms with E-state index in [9.17, 15) is 4.79 Å². The van der Waals surface area contributed by atoms with Crippen LogP contribution in [-0.4, -0.2) is 27.0 Å². The number of hydrogen-bond acceptors (Lipinski definition) is 5. The molecule has 0 saturated heterocycles. The number of ether oxygens (including phenoxy) is 1. The first-order chi connectivity index (χ1) is 9.78. The Bertz CT molecular complexity index is 796. The van der Waals surface area contributed by atoms with Crippen LogP contribution < -0.4 is 10.4 Å². The van der Waals surface area contributed by atoms with Crippen molar-refractivity contribution in [1.29, 1.82) is 0 Å². The lowest BCUT2D eigenvalue weighted by atomic mass is 10.2. The normalized spacial score (nSPS) is 10.8. The van der Waals surface area contributed by atoms with Crippen LogP contribution in [0, 0.1) is 0 Å². The molecule has 0 fully saturated rings. The van der Waals surface area contributed by atoms with Crippen LogP contribution in [0.2, 0.25) is 0 Å². The Labute approximate surface area is 118 Å². The maximum Gasteiger partial charge on any atom is 0.347 e. The van der Waals surface area contributed by atoms with Crippen LogP contribution in [0.4, 0.5) is 0 Å². The third-order valence-corrected chi connectivity index (χ3v) is 3.86. The summed E-state index contributed by atoms with van der Waals surface area (Å²) in [5, 5.41) is 0.632. The highest BCUT2D eigenvalue weighted by atomic mass is 32.2. The van der Waals surface area contributed by atoms with Crippen LogP contribution in [-0.2, 0) is 5.75 Å². The van der Waals surface area contributed by atoms with Crippen LogP contribution in [0.3, 0.4) is 0 Å². The van der Waals surface area contributed by atoms with Crippen LogP contribution >= 0.6 is 11.8 Å². The van der Waals surface area contributed by atoms with E-state index in [1.807, 2.05) is 24.3 Å². The first kappa shape index (κ1) is 12.7. The number of aromatic amines is 2. The third kappa shape index (κ3) is 2.39. The molecule has 1 aromatic carbocycles. The van der Waals surface area contributed by atoms with Gasteiger partial charge in [-0.2, -0.15) is 4.98 Å². The van der Waals surface area contributed by atoms with Gasteiger partial charge in [-0.25, -0.2) is 9.78 Å². The summed E-state index contributed by atoms with van der Waals surface area (Å²) in [6, 6.07) is 7.77. The summed E-state index contributed by atoms with van der Waals surface area (Å²) in [6.07, 6.45) is 1.54. The predicted octanol–water partition coefficient (Wildman–Crippen LogP) is 1.95. The number of imidazole rings is 1. The topological polar surface area (TPSA) is 83.7 Å². The maximum atomic E-state index is 11.5. The summed E-state index contributed by atoms with van der Waals surface area (Å²) >= 11 is 1.47. The summed E-state index contributed by atoms with van der Waals surface area (Å²) < 4.78 is 5.31. The smallest absolute Gasteiger partial charge is 0.347 e. The van der Waals surface area contributed by atoms with Crippen molar-refractivity contribution in [2.24, 2.45) is 0 Å². The van der Waals surface area contributed by atoms with Crippen LogP contribution in [0.5, 0.6) is 5.75 Å². The molecule has 0 bridgehead atoms. The van der Waals surface area contributed by atoms with Gasteiger partial charge >= 0.3 is 5.69 Å². The zero-order valence-electron chi connectivity index (χ0n) is 10.7. The fourth-order valence-corrected chi connectivity index (χ4v) is 2.88. The molecule has 3 aromatic rings. The molecule has 0 radical (unpaired) electrons. The molecule has 3 rings (SSSR count). The van der Waals surface area contributed by atoms with Gasteiger partial charge in [-0.3, -0.25) is 4.98 Å². The van der Waals surface area contributed by atoms with Crippen molar-refractivity contribution in [1.82, 2.24) is 19.9 Å². The van der Waals surface area contributed by atoms with Crippen LogP contribution in [0.25, 0.3) is 11.2 Å². The van der Waals surface area contributed by atoms with Crippen molar-refractivity contribution in [3.63, 3.8) is 0 Å². The van der Waals surface area contributed by atoms with E-state index >= 15 is 0 Å².